The lowest BCUT2D eigenvalue weighted by Crippen LogP contribution is -2.36. The van der Waals surface area contributed by atoms with Crippen molar-refractivity contribution in [1.82, 2.24) is 0 Å². The first-order chi connectivity index (χ1) is 15.2. The molecule has 3 aromatic rings. The highest BCUT2D eigenvalue weighted by molar-refractivity contribution is 7.90. The summed E-state index contributed by atoms with van der Waals surface area (Å²) in [4.78, 5) is 31.0. The van der Waals surface area contributed by atoms with Gasteiger partial charge in [-0.15, -0.1) is 11.3 Å². The molecule has 2 amide bonds. The van der Waals surface area contributed by atoms with Gasteiger partial charge >= 0.3 is 0 Å². The van der Waals surface area contributed by atoms with E-state index in [-0.39, 0.29) is 23.1 Å². The largest absolute Gasteiger partial charge is 0.315 e. The summed E-state index contributed by atoms with van der Waals surface area (Å²) in [7, 11) is -1.67. The lowest BCUT2D eigenvalue weighted by atomic mass is 9.96. The van der Waals surface area contributed by atoms with E-state index in [1.54, 1.807) is 24.1 Å². The molecule has 2 aromatic carbocycles. The summed E-state index contributed by atoms with van der Waals surface area (Å²) in [5, 5.41) is 1.95. The first-order valence-electron chi connectivity index (χ1n) is 10.2. The summed E-state index contributed by atoms with van der Waals surface area (Å²) >= 11 is 1.53. The molecule has 2 atom stereocenters. The highest BCUT2D eigenvalue weighted by Crippen LogP contribution is 2.44. The van der Waals surface area contributed by atoms with Gasteiger partial charge in [0.1, 0.15) is 0 Å². The van der Waals surface area contributed by atoms with Crippen LogP contribution in [0.1, 0.15) is 22.9 Å². The van der Waals surface area contributed by atoms with Crippen LogP contribution in [-0.2, 0) is 19.4 Å². The van der Waals surface area contributed by atoms with Crippen LogP contribution in [0.5, 0.6) is 0 Å². The number of hydrogen-bond donors (Lipinski definition) is 0. The van der Waals surface area contributed by atoms with E-state index in [2.05, 4.69) is 0 Å². The van der Waals surface area contributed by atoms with Crippen molar-refractivity contribution in [3.8, 4) is 0 Å². The summed E-state index contributed by atoms with van der Waals surface area (Å²) in [5.41, 5.74) is 2.45. The Kier molecular flexibility index (Phi) is 5.92. The van der Waals surface area contributed by atoms with Crippen molar-refractivity contribution in [2.75, 3.05) is 23.1 Å². The Balaban J connectivity index is 1.67. The predicted octanol–water partition coefficient (Wildman–Crippen LogP) is 4.22. The van der Waals surface area contributed by atoms with Crippen molar-refractivity contribution in [3.05, 3.63) is 76.5 Å². The SMILES string of the molecule is Cc1ccc(N2C(=O)CC(C(=O)N(C)c3ccc(S(C)(=O)=O)cc3)C2c2cccs2)cc1. The highest BCUT2D eigenvalue weighted by Gasteiger charge is 2.46. The maximum atomic E-state index is 13.5. The molecule has 1 aliphatic heterocycles. The number of aryl methyl sites for hydroxylation is 1. The van der Waals surface area contributed by atoms with Gasteiger partial charge in [-0.3, -0.25) is 9.59 Å². The third-order valence-corrected chi connectivity index (χ3v) is 7.84. The van der Waals surface area contributed by atoms with Gasteiger partial charge in [-0.2, -0.15) is 0 Å². The molecule has 0 spiro atoms. The fourth-order valence-corrected chi connectivity index (χ4v) is 5.55. The van der Waals surface area contributed by atoms with Gasteiger partial charge in [0, 0.05) is 36.0 Å². The van der Waals surface area contributed by atoms with E-state index in [9.17, 15) is 18.0 Å². The summed E-state index contributed by atoms with van der Waals surface area (Å²) in [6.07, 6.45) is 1.26. The Labute approximate surface area is 192 Å². The summed E-state index contributed by atoms with van der Waals surface area (Å²) in [5.74, 6) is -0.827. The zero-order chi connectivity index (χ0) is 23.0. The zero-order valence-electron chi connectivity index (χ0n) is 18.1. The van der Waals surface area contributed by atoms with Crippen molar-refractivity contribution >= 4 is 44.4 Å². The maximum Gasteiger partial charge on any atom is 0.232 e. The summed E-state index contributed by atoms with van der Waals surface area (Å²) in [6.45, 7) is 1.99. The molecule has 2 unspecified atom stereocenters. The van der Waals surface area contributed by atoms with E-state index in [1.807, 2.05) is 48.7 Å². The van der Waals surface area contributed by atoms with Gasteiger partial charge in [-0.05, 0) is 54.8 Å². The fraction of sp³-hybridized carbons (Fsp3) is 0.250. The Morgan fingerprint density at radius 1 is 1.06 bits per heavy atom. The number of hydrogen-bond acceptors (Lipinski definition) is 5. The molecule has 0 aliphatic carbocycles. The van der Waals surface area contributed by atoms with Gasteiger partial charge in [0.15, 0.2) is 9.84 Å². The molecule has 0 N–H and O–H groups in total. The number of carbonyl (C=O) groups excluding carboxylic acids is 2. The second kappa shape index (κ2) is 8.52. The Morgan fingerprint density at radius 2 is 1.72 bits per heavy atom. The van der Waals surface area contributed by atoms with Gasteiger partial charge in [0.05, 0.1) is 16.9 Å². The second-order valence-corrected chi connectivity index (χ2v) is 11.0. The highest BCUT2D eigenvalue weighted by atomic mass is 32.2. The average molecular weight is 469 g/mol. The van der Waals surface area contributed by atoms with Gasteiger partial charge in [-0.25, -0.2) is 8.42 Å². The van der Waals surface area contributed by atoms with Crippen molar-refractivity contribution in [2.45, 2.75) is 24.3 Å². The second-order valence-electron chi connectivity index (χ2n) is 8.03. The standard InChI is InChI=1S/C24H24N2O4S2/c1-16-6-8-18(9-7-16)26-22(27)15-20(23(26)21-5-4-14-31-21)24(28)25(2)17-10-12-19(13-11-17)32(3,29)30/h4-14,20,23H,15H2,1-3H3. The lowest BCUT2D eigenvalue weighted by molar-refractivity contribution is -0.124. The average Bonchev–Trinajstić information content (AvgIpc) is 3.40. The van der Waals surface area contributed by atoms with Crippen LogP contribution in [0.25, 0.3) is 0 Å². The lowest BCUT2D eigenvalue weighted by Gasteiger charge is -2.29. The van der Waals surface area contributed by atoms with Crippen LogP contribution in [0.15, 0.2) is 70.9 Å². The van der Waals surface area contributed by atoms with Crippen LogP contribution < -0.4 is 9.80 Å². The van der Waals surface area contributed by atoms with Crippen molar-refractivity contribution in [2.24, 2.45) is 5.92 Å². The van der Waals surface area contributed by atoms with Crippen LogP contribution in [-0.4, -0.2) is 33.5 Å². The van der Waals surface area contributed by atoms with E-state index < -0.39 is 21.8 Å². The van der Waals surface area contributed by atoms with Gasteiger partial charge in [-0.1, -0.05) is 23.8 Å². The minimum absolute atomic E-state index is 0.0913. The Hall–Kier alpha value is -2.97. The van der Waals surface area contributed by atoms with Crippen LogP contribution in [0.4, 0.5) is 11.4 Å². The van der Waals surface area contributed by atoms with Crippen LogP contribution in [0.3, 0.4) is 0 Å². The smallest absolute Gasteiger partial charge is 0.232 e. The van der Waals surface area contributed by atoms with E-state index >= 15 is 0 Å². The topological polar surface area (TPSA) is 74.8 Å². The van der Waals surface area contributed by atoms with Crippen molar-refractivity contribution in [1.29, 1.82) is 0 Å². The number of rotatable bonds is 5. The normalized spacial score (nSPS) is 18.7. The predicted molar refractivity (Wildman–Crippen MR) is 127 cm³/mol. The first kappa shape index (κ1) is 22.2. The fourth-order valence-electron chi connectivity index (χ4n) is 4.04. The summed E-state index contributed by atoms with van der Waals surface area (Å²) in [6, 6.07) is 17.4. The molecule has 0 saturated carbocycles. The Bertz CT molecular complexity index is 1230. The zero-order valence-corrected chi connectivity index (χ0v) is 19.7. The number of amides is 2. The molecule has 1 fully saturated rings. The van der Waals surface area contributed by atoms with E-state index in [0.717, 1.165) is 22.4 Å². The molecule has 32 heavy (non-hydrogen) atoms. The van der Waals surface area contributed by atoms with E-state index in [1.165, 1.54) is 28.4 Å². The monoisotopic (exact) mass is 468 g/mol. The molecule has 1 saturated heterocycles. The molecule has 2 heterocycles. The van der Waals surface area contributed by atoms with Gasteiger partial charge in [0.2, 0.25) is 11.8 Å². The number of anilines is 2. The number of sulfone groups is 1. The van der Waals surface area contributed by atoms with E-state index in [4.69, 9.17) is 0 Å². The third-order valence-electron chi connectivity index (χ3n) is 5.77. The Morgan fingerprint density at radius 3 is 2.28 bits per heavy atom. The number of nitrogens with zero attached hydrogens (tertiary/aromatic N) is 2. The molecule has 0 radical (unpaired) electrons. The molecule has 0 bridgehead atoms. The molecule has 4 rings (SSSR count). The van der Waals surface area contributed by atoms with Crippen molar-refractivity contribution in [3.63, 3.8) is 0 Å². The number of benzene rings is 2. The minimum Gasteiger partial charge on any atom is -0.315 e. The number of carbonyl (C=O) groups is 2. The third kappa shape index (κ3) is 4.20. The van der Waals surface area contributed by atoms with Crippen LogP contribution in [0, 0.1) is 12.8 Å². The minimum atomic E-state index is -3.32. The molecular weight excluding hydrogens is 444 g/mol. The molecule has 6 nitrogen and oxygen atoms in total. The van der Waals surface area contributed by atoms with Crippen LogP contribution >= 0.6 is 11.3 Å². The molecule has 1 aromatic heterocycles. The van der Waals surface area contributed by atoms with E-state index in [0.29, 0.717) is 5.69 Å². The molecule has 1 aliphatic rings. The summed E-state index contributed by atoms with van der Waals surface area (Å²) < 4.78 is 23.5. The molecular formula is C24H24N2O4S2. The molecule has 166 valence electrons. The number of thiophene rings is 1. The maximum absolute atomic E-state index is 13.5. The van der Waals surface area contributed by atoms with Gasteiger partial charge in [0.25, 0.3) is 0 Å². The first-order valence-corrected chi connectivity index (χ1v) is 12.9. The quantitative estimate of drug-likeness (QED) is 0.562. The van der Waals surface area contributed by atoms with Gasteiger partial charge < -0.3 is 9.80 Å². The molecule has 8 heteroatoms. The van der Waals surface area contributed by atoms with Crippen molar-refractivity contribution < 1.29 is 18.0 Å². The van der Waals surface area contributed by atoms with Crippen LogP contribution in [0.2, 0.25) is 0 Å².